The smallest absolute Gasteiger partial charge is 0.371 e. The fourth-order valence-electron chi connectivity index (χ4n) is 8.69. The zero-order valence-corrected chi connectivity index (χ0v) is 32.7. The van der Waals surface area contributed by atoms with Gasteiger partial charge in [0.05, 0.1) is 40.6 Å². The van der Waals surface area contributed by atoms with Crippen LogP contribution in [-0.4, -0.2) is 81.5 Å². The highest BCUT2D eigenvalue weighted by atomic mass is 19.4. The van der Waals surface area contributed by atoms with E-state index in [9.17, 15) is 37.6 Å². The minimum Gasteiger partial charge on any atom is -0.371 e. The van der Waals surface area contributed by atoms with E-state index in [1.54, 1.807) is 22.9 Å². The van der Waals surface area contributed by atoms with Gasteiger partial charge in [-0.2, -0.15) is 23.5 Å². The van der Waals surface area contributed by atoms with E-state index < -0.39 is 47.0 Å². The summed E-state index contributed by atoms with van der Waals surface area (Å²) >= 11 is 0. The summed E-state index contributed by atoms with van der Waals surface area (Å²) in [6.45, 7) is 7.75. The van der Waals surface area contributed by atoms with Gasteiger partial charge in [-0.15, -0.1) is 0 Å². The Morgan fingerprint density at radius 1 is 0.847 bits per heavy atom. The number of nitrogens with zero attached hydrogens (tertiary/aromatic N) is 6. The Balaban J connectivity index is 0.823. The van der Waals surface area contributed by atoms with Gasteiger partial charge in [0, 0.05) is 54.0 Å². The van der Waals surface area contributed by atoms with Gasteiger partial charge in [-0.25, -0.2) is 0 Å². The highest BCUT2D eigenvalue weighted by Crippen LogP contribution is 2.36. The number of carbonyl (C=O) groups is 4. The Kier molecular flexibility index (Phi) is 10.6. The molecule has 5 heterocycles. The molecule has 1 N–H and O–H groups in total. The Morgan fingerprint density at radius 3 is 2.24 bits per heavy atom. The highest BCUT2D eigenvalue weighted by molar-refractivity contribution is 6.23. The predicted molar refractivity (Wildman–Crippen MR) is 212 cm³/mol. The van der Waals surface area contributed by atoms with Crippen molar-refractivity contribution in [1.82, 2.24) is 24.9 Å². The molecule has 3 saturated heterocycles. The molecule has 11 nitrogen and oxygen atoms in total. The number of nitrogens with one attached hydrogen (secondary N) is 1. The number of fused-ring (bicyclic) bond motifs is 1. The molecule has 0 saturated carbocycles. The van der Waals surface area contributed by atoms with Crippen LogP contribution in [0.5, 0.6) is 0 Å². The Labute approximate surface area is 339 Å². The highest BCUT2D eigenvalue weighted by Gasteiger charge is 2.45. The first-order valence-corrected chi connectivity index (χ1v) is 19.9. The average molecular weight is 802 g/mol. The number of carbonyl (C=O) groups excluding carboxylic acids is 4. The number of alkyl halides is 3. The van der Waals surface area contributed by atoms with Crippen LogP contribution in [0.25, 0.3) is 11.3 Å². The van der Waals surface area contributed by atoms with Gasteiger partial charge in [-0.1, -0.05) is 30.0 Å². The number of hydrogen-bond acceptors (Lipinski definition) is 8. The molecule has 0 aliphatic carbocycles. The van der Waals surface area contributed by atoms with Gasteiger partial charge in [0.2, 0.25) is 11.8 Å². The molecule has 4 amide bonds. The molecule has 59 heavy (non-hydrogen) atoms. The molecule has 0 spiro atoms. The summed E-state index contributed by atoms with van der Waals surface area (Å²) in [4.78, 5) is 56.3. The molecule has 4 aromatic rings. The van der Waals surface area contributed by atoms with Crippen LogP contribution in [0.1, 0.15) is 92.8 Å². The number of aromatic nitrogens is 2. The number of rotatable bonds is 6. The fourth-order valence-corrected chi connectivity index (χ4v) is 8.69. The van der Waals surface area contributed by atoms with Crippen molar-refractivity contribution >= 4 is 29.3 Å². The summed E-state index contributed by atoms with van der Waals surface area (Å²) < 4.78 is 42.6. The summed E-state index contributed by atoms with van der Waals surface area (Å²) in [7, 11) is 0. The molecule has 302 valence electrons. The van der Waals surface area contributed by atoms with Crippen LogP contribution >= 0.6 is 0 Å². The van der Waals surface area contributed by atoms with Gasteiger partial charge in [0.1, 0.15) is 6.04 Å². The Hall–Kier alpha value is -6.25. The summed E-state index contributed by atoms with van der Waals surface area (Å²) in [5.74, 6) is 5.11. The van der Waals surface area contributed by atoms with Crippen LogP contribution in [0, 0.1) is 42.9 Å². The number of piperidine rings is 3. The van der Waals surface area contributed by atoms with Crippen LogP contribution in [0.15, 0.2) is 60.7 Å². The van der Waals surface area contributed by atoms with Crippen molar-refractivity contribution in [2.24, 2.45) is 5.92 Å². The first-order chi connectivity index (χ1) is 28.3. The van der Waals surface area contributed by atoms with Gasteiger partial charge in [-0.3, -0.25) is 34.1 Å². The maximum Gasteiger partial charge on any atom is 0.417 e. The molecule has 0 radical (unpaired) electrons. The van der Waals surface area contributed by atoms with Crippen LogP contribution in [0.2, 0.25) is 0 Å². The Morgan fingerprint density at radius 2 is 1.56 bits per heavy atom. The van der Waals surface area contributed by atoms with Crippen LogP contribution in [-0.2, 0) is 22.3 Å². The zero-order chi connectivity index (χ0) is 41.6. The van der Waals surface area contributed by atoms with E-state index in [-0.39, 0.29) is 18.4 Å². The van der Waals surface area contributed by atoms with Gasteiger partial charge in [0.15, 0.2) is 0 Å². The third-order valence-corrected chi connectivity index (χ3v) is 12.2. The van der Waals surface area contributed by atoms with Crippen molar-refractivity contribution in [3.8, 4) is 29.2 Å². The number of likely N-dealkylation sites (tertiary alicyclic amines) is 1. The lowest BCUT2D eigenvalue weighted by molar-refractivity contribution is -0.138. The first-order valence-electron chi connectivity index (χ1n) is 19.9. The van der Waals surface area contributed by atoms with E-state index in [0.29, 0.717) is 35.3 Å². The van der Waals surface area contributed by atoms with Gasteiger partial charge in [-0.05, 0) is 113 Å². The summed E-state index contributed by atoms with van der Waals surface area (Å²) in [5.41, 5.74) is 4.35. The van der Waals surface area contributed by atoms with Crippen molar-refractivity contribution in [3.63, 3.8) is 0 Å². The third-order valence-electron chi connectivity index (χ3n) is 12.2. The number of amides is 4. The van der Waals surface area contributed by atoms with Crippen LogP contribution in [0.4, 0.5) is 18.9 Å². The van der Waals surface area contributed by atoms with E-state index in [1.165, 1.54) is 12.1 Å². The number of nitriles is 1. The number of benzene rings is 3. The minimum absolute atomic E-state index is 0.0812. The van der Waals surface area contributed by atoms with Crippen molar-refractivity contribution < 1.29 is 32.3 Å². The molecule has 14 heteroatoms. The number of hydrogen-bond donors (Lipinski definition) is 1. The molecular formula is C45H42F3N7O4. The monoisotopic (exact) mass is 801 g/mol. The topological polar surface area (TPSA) is 132 Å². The minimum atomic E-state index is -4.65. The molecule has 3 fully saturated rings. The quantitative estimate of drug-likeness (QED) is 0.179. The fraction of sp³-hybridized carbons (Fsp3) is 0.378. The molecule has 4 aliphatic heterocycles. The van der Waals surface area contributed by atoms with Crippen LogP contribution in [0.3, 0.4) is 0 Å². The van der Waals surface area contributed by atoms with E-state index in [1.807, 2.05) is 44.2 Å². The summed E-state index contributed by atoms with van der Waals surface area (Å²) in [6.07, 6.45) is -0.519. The van der Waals surface area contributed by atoms with Crippen molar-refractivity contribution in [3.05, 3.63) is 105 Å². The lowest BCUT2D eigenvalue weighted by atomic mass is 9.93. The molecule has 8 rings (SSSR count). The maximum absolute atomic E-state index is 13.6. The normalized spacial score (nSPS) is 19.4. The average Bonchev–Trinajstić information content (AvgIpc) is 3.65. The Bertz CT molecular complexity index is 2460. The number of anilines is 1. The van der Waals surface area contributed by atoms with Gasteiger partial charge < -0.3 is 9.80 Å². The lowest BCUT2D eigenvalue weighted by Crippen LogP contribution is -2.54. The van der Waals surface area contributed by atoms with Gasteiger partial charge in [0.25, 0.3) is 11.8 Å². The standard InChI is InChI=1S/C45H42F3N7O4/c1-27-28(2)54(51-41(27)32-9-10-33(25-49)38(23-32)45(46,47)48)26-31-7-5-29(6-8-31)3-4-30-15-19-52(20-16-30)34-17-21-53(22-18-34)35-11-12-36-37(24-35)44(59)55(43(36)58)39-13-14-40(56)50-42(39)57/h5-12,23-24,30,34,39H,13-22,26H2,1-2H3,(H,50,56,57). The number of imide groups is 2. The van der Waals surface area contributed by atoms with Crippen molar-refractivity contribution in [2.45, 2.75) is 77.2 Å². The largest absolute Gasteiger partial charge is 0.417 e. The van der Waals surface area contributed by atoms with Crippen molar-refractivity contribution in [2.75, 3.05) is 31.1 Å². The number of halogens is 3. The van der Waals surface area contributed by atoms with Crippen LogP contribution < -0.4 is 10.2 Å². The summed E-state index contributed by atoms with van der Waals surface area (Å²) in [6, 6.07) is 18.0. The molecule has 1 atom stereocenters. The SMILES string of the molecule is Cc1c(-c2ccc(C#N)c(C(F)(F)F)c2)nn(Cc2ccc(C#CC3CCN(C4CCN(c5ccc6c(c5)C(=O)N(C5CCC(=O)NC5=O)C6=O)CC4)CC3)cc2)c1C. The molecule has 0 bridgehead atoms. The van der Waals surface area contributed by atoms with E-state index in [2.05, 4.69) is 32.1 Å². The lowest BCUT2D eigenvalue weighted by Gasteiger charge is -2.42. The molecule has 1 aromatic heterocycles. The van der Waals surface area contributed by atoms with E-state index >= 15 is 0 Å². The molecule has 1 unspecified atom stereocenters. The predicted octanol–water partition coefficient (Wildman–Crippen LogP) is 6.24. The second-order valence-corrected chi connectivity index (χ2v) is 15.8. The second-order valence-electron chi connectivity index (χ2n) is 15.8. The van der Waals surface area contributed by atoms with Gasteiger partial charge >= 0.3 is 6.18 Å². The first kappa shape index (κ1) is 39.6. The van der Waals surface area contributed by atoms with Crippen molar-refractivity contribution in [1.29, 1.82) is 5.26 Å². The van der Waals surface area contributed by atoms with E-state index in [4.69, 9.17) is 0 Å². The third kappa shape index (κ3) is 7.85. The zero-order valence-electron chi connectivity index (χ0n) is 32.7. The second kappa shape index (κ2) is 15.8. The molecule has 4 aliphatic rings. The van der Waals surface area contributed by atoms with E-state index in [0.717, 1.165) is 90.9 Å². The summed E-state index contributed by atoms with van der Waals surface area (Å²) in [5, 5.41) is 16.1. The maximum atomic E-state index is 13.6. The molecule has 3 aromatic carbocycles. The molecular weight excluding hydrogens is 760 g/mol.